The molecule has 2 aromatic heterocycles. The van der Waals surface area contributed by atoms with Crippen molar-refractivity contribution >= 4 is 10.9 Å². The van der Waals surface area contributed by atoms with Crippen LogP contribution in [0.3, 0.4) is 0 Å². The lowest BCUT2D eigenvalue weighted by Crippen LogP contribution is -2.03. The highest BCUT2D eigenvalue weighted by Gasteiger charge is 2.33. The van der Waals surface area contributed by atoms with Gasteiger partial charge < -0.3 is 10.5 Å². The average molecular weight is 200 g/mol. The number of alkyl halides is 3. The highest BCUT2D eigenvalue weighted by molar-refractivity contribution is 5.83. The van der Waals surface area contributed by atoms with E-state index in [4.69, 9.17) is 5.84 Å². The molecule has 0 fully saturated rings. The van der Waals surface area contributed by atoms with Gasteiger partial charge in [0, 0.05) is 29.5 Å². The molecule has 14 heavy (non-hydrogen) atoms. The Bertz CT molecular complexity index is 472. The predicted molar refractivity (Wildman–Crippen MR) is 44.5 cm³/mol. The summed E-state index contributed by atoms with van der Waals surface area (Å²) < 4.78 is 37.9. The molecule has 0 aromatic carbocycles. The molecule has 6 heteroatoms. The van der Waals surface area contributed by atoms with Gasteiger partial charge >= 0.3 is 6.18 Å². The molecule has 0 bridgehead atoms. The quantitative estimate of drug-likeness (QED) is 0.644. The number of aromatic nitrogens is 2. The van der Waals surface area contributed by atoms with Crippen LogP contribution in [0.4, 0.5) is 13.2 Å². The lowest BCUT2D eigenvalue weighted by atomic mass is 10.2. The molecule has 0 saturated carbocycles. The molecule has 3 nitrogen and oxygen atoms in total. The predicted octanol–water partition coefficient (Wildman–Crippen LogP) is 2.87. The molecule has 0 unspecified atom stereocenters. The molecule has 0 aliphatic rings. The summed E-state index contributed by atoms with van der Waals surface area (Å²) in [5.41, 5.74) is -0.622. The largest absolute Gasteiger partial charge is 0.631 e. The Labute approximate surface area is 76.9 Å². The summed E-state index contributed by atoms with van der Waals surface area (Å²) in [4.78, 5) is 3.60. The summed E-state index contributed by atoms with van der Waals surface area (Å²) in [6.07, 6.45) is -1.23. The van der Waals surface area contributed by atoms with Gasteiger partial charge in [0.15, 0.2) is 0 Å². The average Bonchev–Trinajstić information content (AvgIpc) is 2.44. The van der Waals surface area contributed by atoms with Gasteiger partial charge in [-0.1, -0.05) is 0 Å². The Kier molecular flexibility index (Phi) is 1.67. The summed E-state index contributed by atoms with van der Waals surface area (Å²) in [6, 6.07) is 1.37. The number of halogens is 3. The van der Waals surface area contributed by atoms with Crippen molar-refractivity contribution in [3.8, 4) is 0 Å². The van der Waals surface area contributed by atoms with Crippen LogP contribution in [0.25, 0.3) is 16.7 Å². The van der Waals surface area contributed by atoms with Crippen molar-refractivity contribution in [2.75, 3.05) is 0 Å². The maximum atomic E-state index is 12.4. The Morgan fingerprint density at radius 2 is 2.07 bits per heavy atom. The maximum Gasteiger partial charge on any atom is 0.418 e. The van der Waals surface area contributed by atoms with Gasteiger partial charge in [0.2, 0.25) is 0 Å². The fourth-order valence-corrected chi connectivity index (χ4v) is 1.30. The normalized spacial score (nSPS) is 12.2. The van der Waals surface area contributed by atoms with E-state index < -0.39 is 11.7 Å². The van der Waals surface area contributed by atoms with Gasteiger partial charge in [0.1, 0.15) is 0 Å². The van der Waals surface area contributed by atoms with Crippen molar-refractivity contribution in [1.82, 2.24) is 9.66 Å². The lowest BCUT2D eigenvalue weighted by molar-refractivity contribution is -0.136. The summed E-state index contributed by atoms with van der Waals surface area (Å²) in [7, 11) is 0. The standard InChI is InChI=1S/C8H5F3N3/c9-8(10,11)6-4-14(12)7-1-2-13-3-5(6)7/h1-4,12H/q-1. The first-order chi connectivity index (χ1) is 6.50. The van der Waals surface area contributed by atoms with Crippen LogP contribution in [0.2, 0.25) is 0 Å². The third-order valence-electron chi connectivity index (χ3n) is 1.91. The van der Waals surface area contributed by atoms with E-state index in [1.165, 1.54) is 12.3 Å². The van der Waals surface area contributed by atoms with Gasteiger partial charge in [-0.15, -0.1) is 0 Å². The SMILES string of the molecule is [NH-]n1cc(C(F)(F)F)c2cnccc21. The molecule has 1 N–H and O–H groups in total. The van der Waals surface area contributed by atoms with Crippen LogP contribution < -0.4 is 0 Å². The van der Waals surface area contributed by atoms with Crippen molar-refractivity contribution < 1.29 is 13.2 Å². The fraction of sp³-hybridized carbons (Fsp3) is 0.125. The van der Waals surface area contributed by atoms with Crippen LogP contribution in [0, 0.1) is 0 Å². The Morgan fingerprint density at radius 3 is 2.71 bits per heavy atom. The first-order valence-electron chi connectivity index (χ1n) is 3.74. The van der Waals surface area contributed by atoms with E-state index in [0.717, 1.165) is 12.4 Å². The molecule has 74 valence electrons. The van der Waals surface area contributed by atoms with E-state index >= 15 is 0 Å². The number of nitrogens with one attached hydrogen (secondary N) is 1. The van der Waals surface area contributed by atoms with Gasteiger partial charge in [-0.05, 0) is 6.07 Å². The third kappa shape index (κ3) is 1.19. The Morgan fingerprint density at radius 1 is 1.36 bits per heavy atom. The number of rotatable bonds is 0. The van der Waals surface area contributed by atoms with E-state index in [1.807, 2.05) is 0 Å². The van der Waals surface area contributed by atoms with Crippen molar-refractivity contribution in [3.63, 3.8) is 0 Å². The summed E-state index contributed by atoms with van der Waals surface area (Å²) in [5.74, 6) is 7.25. The molecule has 2 rings (SSSR count). The summed E-state index contributed by atoms with van der Waals surface area (Å²) in [6.45, 7) is 0. The molecular formula is C8H5F3N3-. The molecule has 0 saturated heterocycles. The number of nitrogens with zero attached hydrogens (tertiary/aromatic N) is 2. The van der Waals surface area contributed by atoms with Crippen LogP contribution in [-0.4, -0.2) is 9.66 Å². The van der Waals surface area contributed by atoms with Gasteiger partial charge in [0.25, 0.3) is 0 Å². The van der Waals surface area contributed by atoms with Gasteiger partial charge in [-0.25, -0.2) is 0 Å². The second-order valence-corrected chi connectivity index (χ2v) is 2.80. The smallest absolute Gasteiger partial charge is 0.418 e. The van der Waals surface area contributed by atoms with Crippen molar-refractivity contribution in [1.29, 1.82) is 0 Å². The van der Waals surface area contributed by atoms with E-state index in [-0.39, 0.29) is 10.9 Å². The molecular weight excluding hydrogens is 195 g/mol. The van der Waals surface area contributed by atoms with Gasteiger partial charge in [0.05, 0.1) is 5.56 Å². The van der Waals surface area contributed by atoms with Crippen LogP contribution in [0.1, 0.15) is 5.56 Å². The number of hydrogen-bond donors (Lipinski definition) is 0. The highest BCUT2D eigenvalue weighted by atomic mass is 19.4. The zero-order chi connectivity index (χ0) is 10.3. The van der Waals surface area contributed by atoms with Crippen LogP contribution in [0.15, 0.2) is 24.7 Å². The second kappa shape index (κ2) is 2.63. The van der Waals surface area contributed by atoms with E-state index in [0.29, 0.717) is 4.68 Å². The molecule has 0 amide bonds. The van der Waals surface area contributed by atoms with Crippen LogP contribution in [0.5, 0.6) is 0 Å². The zero-order valence-corrected chi connectivity index (χ0v) is 6.84. The van der Waals surface area contributed by atoms with Crippen molar-refractivity contribution in [2.24, 2.45) is 0 Å². The number of fused-ring (bicyclic) bond motifs is 1. The molecule has 2 aromatic rings. The van der Waals surface area contributed by atoms with E-state index in [2.05, 4.69) is 4.98 Å². The molecule has 0 aliphatic heterocycles. The first-order valence-corrected chi connectivity index (χ1v) is 3.74. The van der Waals surface area contributed by atoms with E-state index in [9.17, 15) is 13.2 Å². The monoisotopic (exact) mass is 200 g/mol. The Hall–Kier alpha value is -1.72. The summed E-state index contributed by atoms with van der Waals surface area (Å²) >= 11 is 0. The maximum absolute atomic E-state index is 12.4. The summed E-state index contributed by atoms with van der Waals surface area (Å²) in [5, 5.41) is -0.0463. The van der Waals surface area contributed by atoms with Crippen LogP contribution in [-0.2, 0) is 6.18 Å². The first kappa shape index (κ1) is 8.86. The topological polar surface area (TPSA) is 41.6 Å². The zero-order valence-electron chi connectivity index (χ0n) is 6.84. The number of pyridine rings is 1. The van der Waals surface area contributed by atoms with Crippen LogP contribution >= 0.6 is 0 Å². The van der Waals surface area contributed by atoms with Gasteiger partial charge in [-0.2, -0.15) is 13.2 Å². The minimum absolute atomic E-state index is 0.0463. The second-order valence-electron chi connectivity index (χ2n) is 2.80. The minimum atomic E-state index is -4.44. The minimum Gasteiger partial charge on any atom is -0.631 e. The molecule has 0 aliphatic carbocycles. The van der Waals surface area contributed by atoms with Crippen molar-refractivity contribution in [2.45, 2.75) is 6.18 Å². The van der Waals surface area contributed by atoms with Gasteiger partial charge in [-0.3, -0.25) is 4.98 Å². The molecule has 0 radical (unpaired) electrons. The Balaban J connectivity index is 2.80. The fourth-order valence-electron chi connectivity index (χ4n) is 1.30. The molecule has 2 heterocycles. The van der Waals surface area contributed by atoms with E-state index in [1.54, 1.807) is 0 Å². The third-order valence-corrected chi connectivity index (χ3v) is 1.91. The molecule has 0 spiro atoms. The number of hydrogen-bond acceptors (Lipinski definition) is 1. The highest BCUT2D eigenvalue weighted by Crippen LogP contribution is 2.35. The van der Waals surface area contributed by atoms with Crippen molar-refractivity contribution in [3.05, 3.63) is 36.1 Å². The molecule has 0 atom stereocenters. The lowest BCUT2D eigenvalue weighted by Gasteiger charge is -2.04.